The van der Waals surface area contributed by atoms with Gasteiger partial charge in [-0.3, -0.25) is 4.79 Å². The zero-order valence-electron chi connectivity index (χ0n) is 10.1. The van der Waals surface area contributed by atoms with E-state index in [0.29, 0.717) is 6.61 Å². The van der Waals surface area contributed by atoms with Gasteiger partial charge in [0.05, 0.1) is 19.1 Å². The second-order valence-electron chi connectivity index (χ2n) is 4.00. The van der Waals surface area contributed by atoms with Gasteiger partial charge in [0, 0.05) is 5.88 Å². The minimum Gasteiger partial charge on any atom is -0.466 e. The summed E-state index contributed by atoms with van der Waals surface area (Å²) in [5.74, 6) is -0.284. The van der Waals surface area contributed by atoms with E-state index in [4.69, 9.17) is 21.4 Å². The van der Waals surface area contributed by atoms with Crippen LogP contribution >= 0.6 is 11.6 Å². The van der Waals surface area contributed by atoms with Crippen LogP contribution < -0.4 is 0 Å². The lowest BCUT2D eigenvalue weighted by molar-refractivity contribution is -0.145. The molecular formula is C12H23ClO3. The van der Waals surface area contributed by atoms with Crippen molar-refractivity contribution in [2.24, 2.45) is 0 Å². The summed E-state index contributed by atoms with van der Waals surface area (Å²) in [5, 5.41) is 9.10. The number of unbranched alkanes of at least 4 members (excludes halogenated alkanes) is 5. The largest absolute Gasteiger partial charge is 0.466 e. The molecule has 0 aromatic rings. The molecular weight excluding hydrogens is 228 g/mol. The topological polar surface area (TPSA) is 46.5 Å². The van der Waals surface area contributed by atoms with Gasteiger partial charge in [0.2, 0.25) is 0 Å². The van der Waals surface area contributed by atoms with Crippen LogP contribution in [0.1, 0.15) is 51.9 Å². The summed E-state index contributed by atoms with van der Waals surface area (Å²) in [6.45, 7) is 2.64. The van der Waals surface area contributed by atoms with E-state index in [0.717, 1.165) is 12.8 Å². The summed E-state index contributed by atoms with van der Waals surface area (Å²) in [6.07, 6.45) is 6.22. The summed E-state index contributed by atoms with van der Waals surface area (Å²) in [4.78, 5) is 11.1. The lowest BCUT2D eigenvalue weighted by Gasteiger charge is -2.07. The third kappa shape index (κ3) is 10.2. The number of halogens is 1. The van der Waals surface area contributed by atoms with Crippen LogP contribution in [0.3, 0.4) is 0 Å². The first kappa shape index (κ1) is 15.7. The van der Waals surface area contributed by atoms with Crippen molar-refractivity contribution in [3.8, 4) is 0 Å². The second-order valence-corrected chi connectivity index (χ2v) is 4.31. The van der Waals surface area contributed by atoms with Crippen molar-refractivity contribution in [2.75, 3.05) is 12.5 Å². The molecule has 0 spiro atoms. The van der Waals surface area contributed by atoms with Crippen molar-refractivity contribution >= 4 is 17.6 Å². The second kappa shape index (κ2) is 11.2. The van der Waals surface area contributed by atoms with Gasteiger partial charge >= 0.3 is 5.97 Å². The zero-order chi connectivity index (χ0) is 12.2. The molecule has 0 radical (unpaired) electrons. The highest BCUT2D eigenvalue weighted by Gasteiger charge is 2.10. The number of alkyl halides is 1. The first-order valence-corrected chi connectivity index (χ1v) is 6.63. The van der Waals surface area contributed by atoms with Gasteiger partial charge in [-0.1, -0.05) is 39.0 Å². The number of carbonyl (C=O) groups excluding carboxylic acids is 1. The van der Waals surface area contributed by atoms with E-state index in [1.165, 1.54) is 25.7 Å². The summed E-state index contributed by atoms with van der Waals surface area (Å²) < 4.78 is 4.96. The highest BCUT2D eigenvalue weighted by Crippen LogP contribution is 2.05. The molecule has 1 unspecified atom stereocenters. The first-order valence-electron chi connectivity index (χ1n) is 6.10. The van der Waals surface area contributed by atoms with Crippen molar-refractivity contribution in [3.63, 3.8) is 0 Å². The molecule has 0 bridgehead atoms. The molecule has 0 fully saturated rings. The normalized spacial score (nSPS) is 12.4. The Hall–Kier alpha value is -0.280. The van der Waals surface area contributed by atoms with Crippen molar-refractivity contribution in [3.05, 3.63) is 0 Å². The minimum atomic E-state index is -0.779. The number of aliphatic hydroxyl groups excluding tert-OH is 1. The predicted octanol–water partition coefficient (Wildman–Crippen LogP) is 2.88. The smallest absolute Gasteiger partial charge is 0.308 e. The highest BCUT2D eigenvalue weighted by molar-refractivity contribution is 6.18. The van der Waals surface area contributed by atoms with Crippen LogP contribution in [0.15, 0.2) is 0 Å². The average Bonchev–Trinajstić information content (AvgIpc) is 2.27. The van der Waals surface area contributed by atoms with Crippen molar-refractivity contribution in [1.82, 2.24) is 0 Å². The Labute approximate surface area is 103 Å². The number of rotatable bonds is 10. The van der Waals surface area contributed by atoms with Gasteiger partial charge in [-0.05, 0) is 6.42 Å². The molecule has 0 aliphatic heterocycles. The van der Waals surface area contributed by atoms with Crippen LogP contribution in [0, 0.1) is 0 Å². The molecule has 0 aliphatic rings. The summed E-state index contributed by atoms with van der Waals surface area (Å²) in [6, 6.07) is 0. The van der Waals surface area contributed by atoms with Gasteiger partial charge in [-0.15, -0.1) is 11.6 Å². The summed E-state index contributed by atoms with van der Waals surface area (Å²) in [7, 11) is 0. The van der Waals surface area contributed by atoms with Crippen LogP contribution in [-0.4, -0.2) is 29.7 Å². The van der Waals surface area contributed by atoms with E-state index in [9.17, 15) is 4.79 Å². The maximum atomic E-state index is 11.1. The maximum absolute atomic E-state index is 11.1. The molecule has 3 nitrogen and oxygen atoms in total. The number of ether oxygens (including phenoxy) is 1. The third-order valence-electron chi connectivity index (χ3n) is 2.34. The number of hydrogen-bond acceptors (Lipinski definition) is 3. The van der Waals surface area contributed by atoms with E-state index in [1.54, 1.807) is 0 Å². The van der Waals surface area contributed by atoms with Crippen LogP contribution in [-0.2, 0) is 9.53 Å². The Kier molecular flexibility index (Phi) is 11.0. The fourth-order valence-electron chi connectivity index (χ4n) is 1.37. The van der Waals surface area contributed by atoms with Crippen LogP contribution in [0.5, 0.6) is 0 Å². The first-order chi connectivity index (χ1) is 7.70. The maximum Gasteiger partial charge on any atom is 0.308 e. The van der Waals surface area contributed by atoms with Crippen molar-refractivity contribution < 1.29 is 14.6 Å². The summed E-state index contributed by atoms with van der Waals surface area (Å²) >= 11 is 5.37. The molecule has 4 heteroatoms. The lowest BCUT2D eigenvalue weighted by atomic mass is 10.1. The summed E-state index contributed by atoms with van der Waals surface area (Å²) in [5.41, 5.74) is 0. The van der Waals surface area contributed by atoms with E-state index in [-0.39, 0.29) is 18.3 Å². The van der Waals surface area contributed by atoms with Crippen LogP contribution in [0.2, 0.25) is 0 Å². The number of hydrogen-bond donors (Lipinski definition) is 1. The Morgan fingerprint density at radius 3 is 2.50 bits per heavy atom. The van der Waals surface area contributed by atoms with E-state index >= 15 is 0 Å². The molecule has 0 saturated heterocycles. The Bertz CT molecular complexity index is 174. The average molecular weight is 251 g/mol. The molecule has 1 atom stereocenters. The van der Waals surface area contributed by atoms with Gasteiger partial charge in [0.15, 0.2) is 0 Å². The van der Waals surface area contributed by atoms with Gasteiger partial charge in [-0.25, -0.2) is 0 Å². The number of esters is 1. The van der Waals surface area contributed by atoms with E-state index in [1.807, 2.05) is 0 Å². The number of carbonyl (C=O) groups is 1. The molecule has 0 rings (SSSR count). The third-order valence-corrected chi connectivity index (χ3v) is 2.70. The minimum absolute atomic E-state index is 0.000660. The fourth-order valence-corrected chi connectivity index (χ4v) is 1.48. The fraction of sp³-hybridized carbons (Fsp3) is 0.917. The molecule has 0 aromatic heterocycles. The molecule has 0 aromatic carbocycles. The van der Waals surface area contributed by atoms with Gasteiger partial charge in [0.1, 0.15) is 0 Å². The van der Waals surface area contributed by atoms with E-state index in [2.05, 4.69) is 6.92 Å². The Morgan fingerprint density at radius 1 is 1.25 bits per heavy atom. The van der Waals surface area contributed by atoms with E-state index < -0.39 is 6.10 Å². The SMILES string of the molecule is CCCCCCCCOC(=O)CC(O)CCl. The Balaban J connectivity index is 3.21. The van der Waals surface area contributed by atoms with Gasteiger partial charge in [0.25, 0.3) is 0 Å². The predicted molar refractivity (Wildman–Crippen MR) is 65.7 cm³/mol. The molecule has 0 aliphatic carbocycles. The standard InChI is InChI=1S/C12H23ClO3/c1-2-3-4-5-6-7-8-16-12(15)9-11(14)10-13/h11,14H,2-10H2,1H3. The number of aliphatic hydroxyl groups is 1. The van der Waals surface area contributed by atoms with Gasteiger partial charge < -0.3 is 9.84 Å². The quantitative estimate of drug-likeness (QED) is 0.368. The van der Waals surface area contributed by atoms with Crippen LogP contribution in [0.25, 0.3) is 0 Å². The lowest BCUT2D eigenvalue weighted by Crippen LogP contribution is -2.17. The van der Waals surface area contributed by atoms with Crippen molar-refractivity contribution in [1.29, 1.82) is 0 Å². The van der Waals surface area contributed by atoms with Crippen molar-refractivity contribution in [2.45, 2.75) is 58.0 Å². The molecule has 0 saturated carbocycles. The Morgan fingerprint density at radius 2 is 1.88 bits per heavy atom. The van der Waals surface area contributed by atoms with Crippen LogP contribution in [0.4, 0.5) is 0 Å². The monoisotopic (exact) mass is 250 g/mol. The molecule has 16 heavy (non-hydrogen) atoms. The molecule has 96 valence electrons. The molecule has 1 N–H and O–H groups in total. The zero-order valence-corrected chi connectivity index (χ0v) is 10.8. The molecule has 0 heterocycles. The molecule has 0 amide bonds. The highest BCUT2D eigenvalue weighted by atomic mass is 35.5. The van der Waals surface area contributed by atoms with Gasteiger partial charge in [-0.2, -0.15) is 0 Å².